The maximum atomic E-state index is 12.4. The second-order valence-electron chi connectivity index (χ2n) is 4.88. The molecular weight excluding hydrogens is 290 g/mol. The summed E-state index contributed by atoms with van der Waals surface area (Å²) < 4.78 is 0. The topological polar surface area (TPSA) is 61.4 Å². The van der Waals surface area contributed by atoms with E-state index in [1.807, 2.05) is 4.90 Å². The second kappa shape index (κ2) is 8.64. The third kappa shape index (κ3) is 5.02. The summed E-state index contributed by atoms with van der Waals surface area (Å²) in [7, 11) is 0. The van der Waals surface area contributed by atoms with Crippen LogP contribution in [0.2, 0.25) is 0 Å². The Bertz CT molecular complexity index is 486. The zero-order chi connectivity index (χ0) is 14.4. The third-order valence-corrected chi connectivity index (χ3v) is 3.34. The summed E-state index contributed by atoms with van der Waals surface area (Å²) in [5.41, 5.74) is 1.30. The van der Waals surface area contributed by atoms with Crippen molar-refractivity contribution in [3.63, 3.8) is 0 Å². The number of carbonyl (C=O) groups excluding carboxylic acids is 2. The van der Waals surface area contributed by atoms with E-state index in [4.69, 9.17) is 0 Å². The van der Waals surface area contributed by atoms with Gasteiger partial charge in [0.25, 0.3) is 5.91 Å². The summed E-state index contributed by atoms with van der Waals surface area (Å²) >= 11 is 0. The lowest BCUT2D eigenvalue weighted by molar-refractivity contribution is -0.115. The van der Waals surface area contributed by atoms with Crippen LogP contribution in [0.1, 0.15) is 30.1 Å². The molecule has 1 fully saturated rings. The van der Waals surface area contributed by atoms with Crippen LogP contribution in [0, 0.1) is 0 Å². The van der Waals surface area contributed by atoms with Crippen molar-refractivity contribution >= 4 is 29.9 Å². The van der Waals surface area contributed by atoms with E-state index in [1.165, 1.54) is 0 Å². The number of amides is 2. The maximum Gasteiger partial charge on any atom is 0.253 e. The maximum absolute atomic E-state index is 12.4. The van der Waals surface area contributed by atoms with E-state index >= 15 is 0 Å². The van der Waals surface area contributed by atoms with Crippen molar-refractivity contribution in [2.45, 2.75) is 19.8 Å². The first kappa shape index (κ1) is 17.5. The van der Waals surface area contributed by atoms with Crippen LogP contribution in [-0.4, -0.2) is 42.9 Å². The molecule has 0 saturated carbocycles. The van der Waals surface area contributed by atoms with Gasteiger partial charge in [-0.05, 0) is 31.2 Å². The number of hydrogen-bond donors (Lipinski definition) is 2. The molecule has 21 heavy (non-hydrogen) atoms. The normalized spacial score (nSPS) is 14.8. The van der Waals surface area contributed by atoms with Crippen molar-refractivity contribution < 1.29 is 9.59 Å². The Morgan fingerprint density at radius 3 is 2.86 bits per heavy atom. The van der Waals surface area contributed by atoms with Gasteiger partial charge in [0.2, 0.25) is 5.91 Å². The van der Waals surface area contributed by atoms with E-state index in [1.54, 1.807) is 31.2 Å². The highest BCUT2D eigenvalue weighted by Gasteiger charge is 2.17. The molecular formula is C15H22ClN3O2. The Labute approximate surface area is 131 Å². The molecule has 5 nitrogen and oxygen atoms in total. The number of anilines is 1. The molecule has 0 aliphatic carbocycles. The molecule has 1 heterocycles. The van der Waals surface area contributed by atoms with Crippen molar-refractivity contribution in [1.29, 1.82) is 0 Å². The molecule has 2 amide bonds. The fourth-order valence-electron chi connectivity index (χ4n) is 2.21. The summed E-state index contributed by atoms with van der Waals surface area (Å²) in [6.07, 6.45) is 1.40. The first-order valence-electron chi connectivity index (χ1n) is 7.10. The molecule has 0 atom stereocenters. The molecule has 0 bridgehead atoms. The van der Waals surface area contributed by atoms with Gasteiger partial charge in [0.1, 0.15) is 0 Å². The summed E-state index contributed by atoms with van der Waals surface area (Å²) in [5, 5.41) is 6.06. The Morgan fingerprint density at radius 2 is 2.10 bits per heavy atom. The minimum Gasteiger partial charge on any atom is -0.337 e. The van der Waals surface area contributed by atoms with Gasteiger partial charge in [0.15, 0.2) is 0 Å². The lowest BCUT2D eigenvalue weighted by Gasteiger charge is -2.20. The Hall–Kier alpha value is -1.59. The van der Waals surface area contributed by atoms with Gasteiger partial charge in [-0.25, -0.2) is 0 Å². The van der Waals surface area contributed by atoms with Crippen LogP contribution in [0.4, 0.5) is 5.69 Å². The van der Waals surface area contributed by atoms with Gasteiger partial charge < -0.3 is 15.5 Å². The highest BCUT2D eigenvalue weighted by atomic mass is 35.5. The molecule has 1 aromatic carbocycles. The monoisotopic (exact) mass is 311 g/mol. The van der Waals surface area contributed by atoms with Gasteiger partial charge in [-0.15, -0.1) is 12.4 Å². The van der Waals surface area contributed by atoms with Gasteiger partial charge in [0, 0.05) is 37.3 Å². The van der Waals surface area contributed by atoms with Gasteiger partial charge >= 0.3 is 0 Å². The molecule has 1 aromatic rings. The minimum absolute atomic E-state index is 0. The number of carbonyl (C=O) groups is 2. The van der Waals surface area contributed by atoms with Crippen molar-refractivity contribution in [2.75, 3.05) is 31.5 Å². The van der Waals surface area contributed by atoms with Crippen LogP contribution in [0.3, 0.4) is 0 Å². The van der Waals surface area contributed by atoms with E-state index in [-0.39, 0.29) is 24.2 Å². The van der Waals surface area contributed by atoms with Crippen molar-refractivity contribution in [1.82, 2.24) is 10.2 Å². The molecule has 2 N–H and O–H groups in total. The van der Waals surface area contributed by atoms with Crippen LogP contribution >= 0.6 is 12.4 Å². The van der Waals surface area contributed by atoms with Gasteiger partial charge in [-0.2, -0.15) is 0 Å². The second-order valence-corrected chi connectivity index (χ2v) is 4.88. The van der Waals surface area contributed by atoms with Crippen LogP contribution < -0.4 is 10.6 Å². The summed E-state index contributed by atoms with van der Waals surface area (Å²) in [4.78, 5) is 25.7. The SMILES string of the molecule is CCC(=O)Nc1cccc(C(=O)N2CCCNCC2)c1.Cl. The molecule has 1 aliphatic rings. The fraction of sp³-hybridized carbons (Fsp3) is 0.467. The van der Waals surface area contributed by atoms with Gasteiger partial charge in [-0.1, -0.05) is 13.0 Å². The Kier molecular flexibility index (Phi) is 7.19. The summed E-state index contributed by atoms with van der Waals surface area (Å²) in [6.45, 7) is 5.09. The van der Waals surface area contributed by atoms with E-state index in [2.05, 4.69) is 10.6 Å². The zero-order valence-electron chi connectivity index (χ0n) is 12.2. The lowest BCUT2D eigenvalue weighted by atomic mass is 10.1. The summed E-state index contributed by atoms with van der Waals surface area (Å²) in [6, 6.07) is 7.14. The smallest absolute Gasteiger partial charge is 0.253 e. The molecule has 1 aliphatic heterocycles. The van der Waals surface area contributed by atoms with Crippen molar-refractivity contribution in [3.8, 4) is 0 Å². The molecule has 0 aromatic heterocycles. The molecule has 116 valence electrons. The largest absolute Gasteiger partial charge is 0.337 e. The predicted molar refractivity (Wildman–Crippen MR) is 86.0 cm³/mol. The molecule has 1 saturated heterocycles. The Morgan fingerprint density at radius 1 is 1.29 bits per heavy atom. The molecule has 0 radical (unpaired) electrons. The molecule has 0 unspecified atom stereocenters. The van der Waals surface area contributed by atoms with Gasteiger partial charge in [-0.3, -0.25) is 9.59 Å². The van der Waals surface area contributed by atoms with E-state index in [9.17, 15) is 9.59 Å². The predicted octanol–water partition coefficient (Wildman–Crippen LogP) is 1.89. The number of hydrogen-bond acceptors (Lipinski definition) is 3. The van der Waals surface area contributed by atoms with Crippen molar-refractivity contribution in [2.24, 2.45) is 0 Å². The van der Waals surface area contributed by atoms with Crippen LogP contribution in [-0.2, 0) is 4.79 Å². The number of benzene rings is 1. The fourth-order valence-corrected chi connectivity index (χ4v) is 2.21. The number of halogens is 1. The quantitative estimate of drug-likeness (QED) is 0.896. The zero-order valence-corrected chi connectivity index (χ0v) is 13.0. The number of nitrogens with zero attached hydrogens (tertiary/aromatic N) is 1. The highest BCUT2D eigenvalue weighted by Crippen LogP contribution is 2.13. The average Bonchev–Trinajstić information content (AvgIpc) is 2.75. The average molecular weight is 312 g/mol. The van der Waals surface area contributed by atoms with E-state index in [0.29, 0.717) is 17.7 Å². The van der Waals surface area contributed by atoms with Crippen molar-refractivity contribution in [3.05, 3.63) is 29.8 Å². The lowest BCUT2D eigenvalue weighted by Crippen LogP contribution is -2.34. The highest BCUT2D eigenvalue weighted by molar-refractivity contribution is 5.97. The first-order valence-corrected chi connectivity index (χ1v) is 7.10. The minimum atomic E-state index is -0.0476. The molecule has 0 spiro atoms. The third-order valence-electron chi connectivity index (χ3n) is 3.34. The number of rotatable bonds is 3. The van der Waals surface area contributed by atoms with Crippen LogP contribution in [0.15, 0.2) is 24.3 Å². The van der Waals surface area contributed by atoms with E-state index < -0.39 is 0 Å². The standard InChI is InChI=1S/C15H21N3O2.ClH/c1-2-14(19)17-13-6-3-5-12(11-13)15(20)18-9-4-7-16-8-10-18;/h3,5-6,11,16H,2,4,7-10H2,1H3,(H,17,19);1H. The van der Waals surface area contributed by atoms with Crippen LogP contribution in [0.5, 0.6) is 0 Å². The molecule has 2 rings (SSSR count). The first-order chi connectivity index (χ1) is 9.70. The van der Waals surface area contributed by atoms with Crippen LogP contribution in [0.25, 0.3) is 0 Å². The number of nitrogens with one attached hydrogen (secondary N) is 2. The molecule has 6 heteroatoms. The van der Waals surface area contributed by atoms with Gasteiger partial charge in [0.05, 0.1) is 0 Å². The van der Waals surface area contributed by atoms with E-state index in [0.717, 1.165) is 32.6 Å². The Balaban J connectivity index is 0.00000220. The summed E-state index contributed by atoms with van der Waals surface area (Å²) in [5.74, 6) is -0.0186.